The quantitative estimate of drug-likeness (QED) is 0.172. The average molecular weight is 811 g/mol. The summed E-state index contributed by atoms with van der Waals surface area (Å²) in [5.41, 5.74) is 0.733. The molecule has 3 aliphatic heterocycles. The number of fused-ring (bicyclic) bond motifs is 4. The Morgan fingerprint density at radius 1 is 1.00 bits per heavy atom. The van der Waals surface area contributed by atoms with Crippen LogP contribution in [-0.2, 0) is 17.8 Å². The predicted molar refractivity (Wildman–Crippen MR) is 219 cm³/mol. The van der Waals surface area contributed by atoms with Gasteiger partial charge in [0.15, 0.2) is 11.5 Å². The van der Waals surface area contributed by atoms with Crippen LogP contribution in [0.2, 0.25) is 0 Å². The second-order valence-electron chi connectivity index (χ2n) is 17.2. The highest BCUT2D eigenvalue weighted by atomic mass is 19.1. The van der Waals surface area contributed by atoms with Gasteiger partial charge in [0.2, 0.25) is 5.88 Å². The molecule has 13 nitrogen and oxygen atoms in total. The van der Waals surface area contributed by atoms with Crippen molar-refractivity contribution in [3.05, 3.63) is 59.4 Å². The lowest BCUT2D eigenvalue weighted by Crippen LogP contribution is -2.57. The number of phenols is 1. The molecule has 59 heavy (non-hydrogen) atoms. The first kappa shape index (κ1) is 39.3. The number of aryl methyl sites for hydroxylation is 1. The van der Waals surface area contributed by atoms with Crippen LogP contribution < -0.4 is 14.4 Å². The SMILES string of the molecule is COc1nc(-c2cc(O)cc3cccc(F)c23)c(F)c2nc(OCC34CCCC3N(C3CC(C)OC(C)C3)CCC4)nc(N3CCCn4nc(C(=O)N(C)C)cc4C3)c12. The maximum atomic E-state index is 17.4. The van der Waals surface area contributed by atoms with E-state index in [9.17, 15) is 9.90 Å². The molecule has 5 aromatic rings. The Hall–Kier alpha value is -5.15. The maximum Gasteiger partial charge on any atom is 0.319 e. The Bertz CT molecular complexity index is 2420. The number of hydrogen-bond donors (Lipinski definition) is 1. The van der Waals surface area contributed by atoms with E-state index in [1.807, 2.05) is 9.58 Å². The van der Waals surface area contributed by atoms with Crippen LogP contribution in [0.1, 0.15) is 81.4 Å². The van der Waals surface area contributed by atoms with E-state index in [4.69, 9.17) is 24.2 Å². The summed E-state index contributed by atoms with van der Waals surface area (Å²) in [7, 11) is 4.81. The maximum absolute atomic E-state index is 17.4. The average Bonchev–Trinajstić information content (AvgIpc) is 3.77. The summed E-state index contributed by atoms with van der Waals surface area (Å²) in [6, 6.07) is 9.78. The van der Waals surface area contributed by atoms with Crippen LogP contribution in [0, 0.1) is 17.0 Å². The first-order chi connectivity index (χ1) is 28.4. The van der Waals surface area contributed by atoms with Gasteiger partial charge in [-0.2, -0.15) is 15.1 Å². The number of rotatable bonds is 8. The zero-order valence-electron chi connectivity index (χ0n) is 34.4. The van der Waals surface area contributed by atoms with Crippen LogP contribution in [-0.4, -0.2) is 111 Å². The third-order valence-corrected chi connectivity index (χ3v) is 13.0. The fourth-order valence-electron chi connectivity index (χ4n) is 10.5. The number of nitrogens with zero attached hydrogens (tertiary/aromatic N) is 8. The first-order valence-electron chi connectivity index (χ1n) is 20.9. The van der Waals surface area contributed by atoms with Crippen molar-refractivity contribution < 1.29 is 32.9 Å². The van der Waals surface area contributed by atoms with E-state index in [0.29, 0.717) is 61.6 Å². The Morgan fingerprint density at radius 2 is 1.80 bits per heavy atom. The van der Waals surface area contributed by atoms with Gasteiger partial charge in [-0.25, -0.2) is 13.8 Å². The van der Waals surface area contributed by atoms with Crippen molar-refractivity contribution in [1.82, 2.24) is 34.5 Å². The molecular formula is C44H52F2N8O5. The van der Waals surface area contributed by atoms with Crippen molar-refractivity contribution in [1.29, 1.82) is 0 Å². The van der Waals surface area contributed by atoms with Gasteiger partial charge in [-0.1, -0.05) is 18.6 Å². The van der Waals surface area contributed by atoms with E-state index in [1.165, 1.54) is 36.3 Å². The molecule has 4 atom stereocenters. The number of carbonyl (C=O) groups is 1. The topological polar surface area (TPSA) is 131 Å². The van der Waals surface area contributed by atoms with E-state index >= 15 is 8.78 Å². The zero-order valence-corrected chi connectivity index (χ0v) is 34.4. The van der Waals surface area contributed by atoms with Gasteiger partial charge in [-0.15, -0.1) is 0 Å². The van der Waals surface area contributed by atoms with Gasteiger partial charge in [0, 0.05) is 55.6 Å². The molecule has 2 saturated heterocycles. The molecule has 1 N–H and O–H groups in total. The number of halogens is 2. The minimum absolute atomic E-state index is 0.0178. The van der Waals surface area contributed by atoms with Gasteiger partial charge in [0.1, 0.15) is 34.0 Å². The molecular weight excluding hydrogens is 759 g/mol. The lowest BCUT2D eigenvalue weighted by molar-refractivity contribution is -0.0967. The Morgan fingerprint density at radius 3 is 2.58 bits per heavy atom. The Labute approximate surface area is 342 Å². The van der Waals surface area contributed by atoms with E-state index < -0.39 is 11.6 Å². The van der Waals surface area contributed by atoms with Crippen LogP contribution in [0.5, 0.6) is 17.6 Å². The Kier molecular flexibility index (Phi) is 10.3. The van der Waals surface area contributed by atoms with Crippen molar-refractivity contribution in [2.75, 3.05) is 45.8 Å². The number of hydrogen-bond acceptors (Lipinski definition) is 11. The molecule has 4 aliphatic rings. The van der Waals surface area contributed by atoms with Gasteiger partial charge in [-0.3, -0.25) is 14.4 Å². The number of pyridine rings is 1. The molecule has 1 amide bonds. The summed E-state index contributed by atoms with van der Waals surface area (Å²) in [4.78, 5) is 33.6. The lowest BCUT2D eigenvalue weighted by Gasteiger charge is -2.51. The molecule has 6 heterocycles. The summed E-state index contributed by atoms with van der Waals surface area (Å²) in [6.07, 6.45) is 8.34. The van der Waals surface area contributed by atoms with Crippen molar-refractivity contribution in [2.24, 2.45) is 5.41 Å². The number of benzene rings is 2. The second-order valence-corrected chi connectivity index (χ2v) is 17.2. The van der Waals surface area contributed by atoms with E-state index in [0.717, 1.165) is 57.2 Å². The molecule has 0 spiro atoms. The predicted octanol–water partition coefficient (Wildman–Crippen LogP) is 7.12. The van der Waals surface area contributed by atoms with Crippen molar-refractivity contribution in [3.63, 3.8) is 0 Å². The second kappa shape index (κ2) is 15.5. The van der Waals surface area contributed by atoms with E-state index in [1.54, 1.807) is 26.2 Å². The largest absolute Gasteiger partial charge is 0.508 e. The highest BCUT2D eigenvalue weighted by Crippen LogP contribution is 2.50. The number of methoxy groups -OCH3 is 1. The van der Waals surface area contributed by atoms with Gasteiger partial charge in [0.05, 0.1) is 38.2 Å². The fourth-order valence-corrected chi connectivity index (χ4v) is 10.5. The highest BCUT2D eigenvalue weighted by molar-refractivity contribution is 6.02. The number of ether oxygens (including phenoxy) is 3. The summed E-state index contributed by atoms with van der Waals surface area (Å²) in [6.45, 7) is 7.14. The number of amides is 1. The summed E-state index contributed by atoms with van der Waals surface area (Å²) >= 11 is 0. The number of aromatic hydroxyl groups is 1. The monoisotopic (exact) mass is 810 g/mol. The van der Waals surface area contributed by atoms with Crippen LogP contribution in [0.3, 0.4) is 0 Å². The number of phenolic OH excluding ortho intramolecular Hbond substituents is 1. The third kappa shape index (κ3) is 7.09. The van der Waals surface area contributed by atoms with Crippen molar-refractivity contribution >= 4 is 33.4 Å². The number of carbonyl (C=O) groups excluding carboxylic acids is 1. The molecule has 4 unspecified atom stereocenters. The molecule has 2 aromatic carbocycles. The van der Waals surface area contributed by atoms with Crippen LogP contribution in [0.4, 0.5) is 14.6 Å². The minimum atomic E-state index is -0.827. The summed E-state index contributed by atoms with van der Waals surface area (Å²) < 4.78 is 53.5. The molecule has 0 radical (unpaired) electrons. The Balaban J connectivity index is 1.15. The minimum Gasteiger partial charge on any atom is -0.508 e. The molecule has 3 fully saturated rings. The number of aromatic nitrogens is 5. The van der Waals surface area contributed by atoms with Gasteiger partial charge in [-0.05, 0) is 95.0 Å². The normalized spacial score (nSPS) is 24.8. The molecule has 0 bridgehead atoms. The smallest absolute Gasteiger partial charge is 0.319 e. The first-order valence-corrected chi connectivity index (χ1v) is 20.9. The zero-order chi connectivity index (χ0) is 41.2. The van der Waals surface area contributed by atoms with E-state index in [-0.39, 0.29) is 68.7 Å². The van der Waals surface area contributed by atoms with Crippen molar-refractivity contribution in [2.45, 2.75) is 103 Å². The van der Waals surface area contributed by atoms with E-state index in [2.05, 4.69) is 28.8 Å². The number of likely N-dealkylation sites (tertiary alicyclic amines) is 1. The molecule has 312 valence electrons. The van der Waals surface area contributed by atoms with Crippen molar-refractivity contribution in [3.8, 4) is 28.9 Å². The molecule has 1 saturated carbocycles. The third-order valence-electron chi connectivity index (χ3n) is 13.0. The van der Waals surface area contributed by atoms with Crippen LogP contribution in [0.25, 0.3) is 32.9 Å². The fraction of sp³-hybridized carbons (Fsp3) is 0.523. The molecule has 9 rings (SSSR count). The molecule has 1 aliphatic carbocycles. The van der Waals surface area contributed by atoms with Crippen LogP contribution >= 0.6 is 0 Å². The molecule has 3 aromatic heterocycles. The number of anilines is 1. The van der Waals surface area contributed by atoms with Gasteiger partial charge in [0.25, 0.3) is 5.91 Å². The summed E-state index contributed by atoms with van der Waals surface area (Å²) in [5, 5.41) is 16.1. The highest BCUT2D eigenvalue weighted by Gasteiger charge is 2.51. The number of piperidine rings is 1. The van der Waals surface area contributed by atoms with Crippen LogP contribution in [0.15, 0.2) is 36.4 Å². The molecule has 15 heteroatoms. The van der Waals surface area contributed by atoms with Gasteiger partial charge >= 0.3 is 6.01 Å². The summed E-state index contributed by atoms with van der Waals surface area (Å²) in [5.74, 6) is -1.40. The standard InChI is InChI=1S/C44H52F2N8O5/c1-25-18-28(19-26(2)59-25)53-16-8-14-44(13-7-12-34(44)53)24-58-43-48-39-36(40(49-43)52-15-9-17-54-29(23-52)21-33(50-54)42(56)51(3)4)41(57-5)47-38(37(39)46)31-22-30(55)20-27-10-6-11-32(45)35(27)31/h6,10-11,20-22,25-26,28,34,55H,7-9,12-19,23-24H2,1-5H3. The van der Waals surface area contributed by atoms with Gasteiger partial charge < -0.3 is 29.1 Å². The lowest BCUT2D eigenvalue weighted by atomic mass is 9.74.